The molecule has 140 valence electrons. The molecule has 7 heteroatoms. The maximum absolute atomic E-state index is 13.0. The Morgan fingerprint density at radius 1 is 1.30 bits per heavy atom. The Labute approximate surface area is 157 Å². The van der Waals surface area contributed by atoms with Crippen LogP contribution in [0.5, 0.6) is 0 Å². The van der Waals surface area contributed by atoms with Crippen molar-refractivity contribution in [2.75, 3.05) is 11.9 Å². The van der Waals surface area contributed by atoms with E-state index in [0.29, 0.717) is 17.8 Å². The molecular weight excluding hydrogens is 344 g/mol. The fourth-order valence-corrected chi connectivity index (χ4v) is 4.09. The molecule has 1 saturated carbocycles. The van der Waals surface area contributed by atoms with E-state index in [-0.39, 0.29) is 17.6 Å². The van der Waals surface area contributed by atoms with Crippen LogP contribution >= 0.6 is 0 Å². The molecule has 0 bridgehead atoms. The highest BCUT2D eigenvalue weighted by Crippen LogP contribution is 2.62. The lowest BCUT2D eigenvalue weighted by Crippen LogP contribution is -2.30. The third kappa shape index (κ3) is 2.93. The summed E-state index contributed by atoms with van der Waals surface area (Å²) in [5, 5.41) is 5.69. The maximum Gasteiger partial charge on any atom is 0.229 e. The van der Waals surface area contributed by atoms with E-state index in [4.69, 9.17) is 0 Å². The number of hydrogen-bond acceptors (Lipinski definition) is 4. The fourth-order valence-electron chi connectivity index (χ4n) is 4.09. The molecule has 27 heavy (non-hydrogen) atoms. The van der Waals surface area contributed by atoms with Crippen LogP contribution in [0.2, 0.25) is 0 Å². The summed E-state index contributed by atoms with van der Waals surface area (Å²) in [5.41, 5.74) is 0.0449. The smallest absolute Gasteiger partial charge is 0.229 e. The molecule has 1 aromatic carbocycles. The zero-order valence-corrected chi connectivity index (χ0v) is 15.1. The van der Waals surface area contributed by atoms with Gasteiger partial charge in [0.05, 0.1) is 29.3 Å². The van der Waals surface area contributed by atoms with Crippen LogP contribution in [0.25, 0.3) is 0 Å². The van der Waals surface area contributed by atoms with Gasteiger partial charge in [-0.2, -0.15) is 0 Å². The zero-order valence-electron chi connectivity index (χ0n) is 15.1. The van der Waals surface area contributed by atoms with Gasteiger partial charge in [0.25, 0.3) is 0 Å². The summed E-state index contributed by atoms with van der Waals surface area (Å²) in [6, 6.07) is 6.97. The molecule has 0 spiro atoms. The number of ketones is 1. The predicted octanol–water partition coefficient (Wildman–Crippen LogP) is 1.87. The molecule has 7 nitrogen and oxygen atoms in total. The minimum atomic E-state index is -0.961. The van der Waals surface area contributed by atoms with Gasteiger partial charge in [0.15, 0.2) is 5.78 Å². The predicted molar refractivity (Wildman–Crippen MR) is 99.0 cm³/mol. The van der Waals surface area contributed by atoms with E-state index >= 15 is 0 Å². The van der Waals surface area contributed by atoms with E-state index in [0.717, 1.165) is 19.4 Å². The molecule has 1 fully saturated rings. The van der Waals surface area contributed by atoms with Gasteiger partial charge in [-0.15, -0.1) is 0 Å². The molecule has 2 N–H and O–H groups in total. The number of carbonyl (C=O) groups excluding carboxylic acids is 3. The first-order valence-corrected chi connectivity index (χ1v) is 9.21. The number of nitrogens with zero attached hydrogens (tertiary/aromatic N) is 2. The standard InChI is InChI=1S/C20H22N4O3/c1-20-15(18(26)22-8-4-5-10-24-11-9-21-12-24)16(20)19(27)23-14-7-3-2-6-13(14)17(20)25/h2-3,6-7,9,11-12,15-16H,4-5,8,10H2,1H3,(H,22,26)(H,23,27)/t15-,16+,20+/m0/s1. The molecular formula is C20H22N4O3. The van der Waals surface area contributed by atoms with Crippen molar-refractivity contribution in [3.8, 4) is 0 Å². The normalized spacial score (nSPS) is 25.8. The highest BCUT2D eigenvalue weighted by atomic mass is 16.2. The highest BCUT2D eigenvalue weighted by molar-refractivity contribution is 6.19. The van der Waals surface area contributed by atoms with E-state index in [9.17, 15) is 14.4 Å². The summed E-state index contributed by atoms with van der Waals surface area (Å²) in [6.45, 7) is 3.10. The Kier molecular flexibility index (Phi) is 4.30. The maximum atomic E-state index is 13.0. The van der Waals surface area contributed by atoms with Crippen LogP contribution in [-0.4, -0.2) is 33.7 Å². The molecule has 3 atom stereocenters. The molecule has 1 aliphatic carbocycles. The minimum Gasteiger partial charge on any atom is -0.356 e. The van der Waals surface area contributed by atoms with E-state index < -0.39 is 17.3 Å². The number of rotatable bonds is 6. The number of carbonyl (C=O) groups is 3. The lowest BCUT2D eigenvalue weighted by molar-refractivity contribution is -0.125. The van der Waals surface area contributed by atoms with Gasteiger partial charge in [0.2, 0.25) is 11.8 Å². The largest absolute Gasteiger partial charge is 0.356 e. The Bertz CT molecular complexity index is 892. The Balaban J connectivity index is 1.37. The van der Waals surface area contributed by atoms with Crippen molar-refractivity contribution in [2.45, 2.75) is 26.3 Å². The minimum absolute atomic E-state index is 0.137. The van der Waals surface area contributed by atoms with Crippen molar-refractivity contribution in [2.24, 2.45) is 17.3 Å². The van der Waals surface area contributed by atoms with E-state index in [2.05, 4.69) is 15.6 Å². The van der Waals surface area contributed by atoms with Crippen LogP contribution < -0.4 is 10.6 Å². The van der Waals surface area contributed by atoms with Crippen LogP contribution in [0.1, 0.15) is 30.1 Å². The Morgan fingerprint density at radius 3 is 2.89 bits per heavy atom. The van der Waals surface area contributed by atoms with E-state index in [1.165, 1.54) is 0 Å². The highest BCUT2D eigenvalue weighted by Gasteiger charge is 2.73. The number of aromatic nitrogens is 2. The first-order chi connectivity index (χ1) is 13.0. The number of benzene rings is 1. The number of unbranched alkanes of at least 4 members (excludes halogenated alkanes) is 1. The molecule has 4 rings (SSSR count). The van der Waals surface area contributed by atoms with Gasteiger partial charge >= 0.3 is 0 Å². The van der Waals surface area contributed by atoms with Crippen LogP contribution in [0.15, 0.2) is 43.0 Å². The quantitative estimate of drug-likeness (QED) is 0.763. The molecule has 1 aromatic heterocycles. The average molecular weight is 366 g/mol. The molecule has 0 unspecified atom stereocenters. The summed E-state index contributed by atoms with van der Waals surface area (Å²) in [6.07, 6.45) is 7.13. The molecule has 1 aliphatic heterocycles. The van der Waals surface area contributed by atoms with Crippen LogP contribution in [0.4, 0.5) is 5.69 Å². The van der Waals surface area contributed by atoms with Gasteiger partial charge in [-0.1, -0.05) is 19.1 Å². The van der Waals surface area contributed by atoms with Crippen molar-refractivity contribution in [1.29, 1.82) is 0 Å². The van der Waals surface area contributed by atoms with E-state index in [1.807, 2.05) is 10.8 Å². The number of Topliss-reactive ketones (excluding diaryl/α,β-unsaturated/α-hetero) is 1. The number of fused-ring (bicyclic) bond motifs is 2. The second kappa shape index (κ2) is 6.64. The zero-order chi connectivity index (χ0) is 19.0. The van der Waals surface area contributed by atoms with Gasteiger partial charge in [-0.05, 0) is 25.0 Å². The Morgan fingerprint density at radius 2 is 2.11 bits per heavy atom. The molecule has 2 aliphatic rings. The van der Waals surface area contributed by atoms with Crippen LogP contribution in [0, 0.1) is 17.3 Å². The van der Waals surface area contributed by atoms with Gasteiger partial charge in [-0.25, -0.2) is 4.98 Å². The number of hydrogen-bond donors (Lipinski definition) is 2. The number of imidazole rings is 1. The number of nitrogens with one attached hydrogen (secondary N) is 2. The number of para-hydroxylation sites is 1. The summed E-state index contributed by atoms with van der Waals surface area (Å²) in [5.74, 6) is -1.82. The number of anilines is 1. The molecule has 2 aromatic rings. The van der Waals surface area contributed by atoms with Gasteiger partial charge in [0, 0.05) is 31.0 Å². The Hall–Kier alpha value is -2.96. The third-order valence-corrected chi connectivity index (χ3v) is 5.70. The lowest BCUT2D eigenvalue weighted by Gasteiger charge is -2.12. The van der Waals surface area contributed by atoms with E-state index in [1.54, 1.807) is 43.7 Å². The van der Waals surface area contributed by atoms with Crippen LogP contribution in [-0.2, 0) is 16.1 Å². The fraction of sp³-hybridized carbons (Fsp3) is 0.400. The molecule has 0 saturated heterocycles. The first-order valence-electron chi connectivity index (χ1n) is 9.21. The number of aryl methyl sites for hydroxylation is 1. The molecule has 2 amide bonds. The van der Waals surface area contributed by atoms with Gasteiger partial charge in [0.1, 0.15) is 0 Å². The van der Waals surface area contributed by atoms with Crippen molar-refractivity contribution in [3.05, 3.63) is 48.5 Å². The first kappa shape index (κ1) is 17.5. The SMILES string of the molecule is C[C@]12C(=O)c3ccccc3NC(=O)[C@H]1[C@H]2C(=O)NCCCCn1ccnc1. The third-order valence-electron chi connectivity index (χ3n) is 5.70. The molecule has 2 heterocycles. The van der Waals surface area contributed by atoms with Crippen molar-refractivity contribution in [3.63, 3.8) is 0 Å². The molecule has 0 radical (unpaired) electrons. The monoisotopic (exact) mass is 366 g/mol. The second-order valence-corrected chi connectivity index (χ2v) is 7.40. The van der Waals surface area contributed by atoms with Crippen LogP contribution in [0.3, 0.4) is 0 Å². The summed E-state index contributed by atoms with van der Waals surface area (Å²) in [7, 11) is 0. The summed E-state index contributed by atoms with van der Waals surface area (Å²) < 4.78 is 1.99. The summed E-state index contributed by atoms with van der Waals surface area (Å²) in [4.78, 5) is 42.1. The van der Waals surface area contributed by atoms with Crippen molar-refractivity contribution in [1.82, 2.24) is 14.9 Å². The van der Waals surface area contributed by atoms with Crippen molar-refractivity contribution < 1.29 is 14.4 Å². The van der Waals surface area contributed by atoms with Gasteiger partial charge in [-0.3, -0.25) is 14.4 Å². The summed E-state index contributed by atoms with van der Waals surface area (Å²) >= 11 is 0. The number of amides is 2. The average Bonchev–Trinajstić information content (AvgIpc) is 3.02. The lowest BCUT2D eigenvalue weighted by atomic mass is 9.92. The topological polar surface area (TPSA) is 93.1 Å². The van der Waals surface area contributed by atoms with Crippen molar-refractivity contribution >= 4 is 23.3 Å². The van der Waals surface area contributed by atoms with Gasteiger partial charge < -0.3 is 15.2 Å². The second-order valence-electron chi connectivity index (χ2n) is 7.40.